The summed E-state index contributed by atoms with van der Waals surface area (Å²) in [5.74, 6) is 0. The molecule has 0 radical (unpaired) electrons. The second-order valence-electron chi connectivity index (χ2n) is 4.33. The van der Waals surface area contributed by atoms with E-state index in [1.54, 1.807) is 0 Å². The largest absolute Gasteiger partial charge is 0.126 e. The van der Waals surface area contributed by atoms with E-state index in [-0.39, 0.29) is 26.2 Å². The number of hydrogen-bond donors (Lipinski definition) is 0. The van der Waals surface area contributed by atoms with Crippen LogP contribution in [0.1, 0.15) is 11.1 Å². The normalized spacial score (nSPS) is 10.6. The maximum atomic E-state index is 2.27. The molecule has 0 bridgehead atoms. The van der Waals surface area contributed by atoms with Crippen LogP contribution in [0.3, 0.4) is 0 Å². The van der Waals surface area contributed by atoms with Gasteiger partial charge in [-0.2, -0.15) is 0 Å². The van der Waals surface area contributed by atoms with Crippen molar-refractivity contribution in [3.63, 3.8) is 0 Å². The van der Waals surface area contributed by atoms with E-state index in [9.17, 15) is 0 Å². The van der Waals surface area contributed by atoms with Gasteiger partial charge in [-0.05, 0) is 13.8 Å². The Morgan fingerprint density at radius 1 is 0.750 bits per heavy atom. The van der Waals surface area contributed by atoms with E-state index in [2.05, 4.69) is 56.3 Å². The third-order valence-electron chi connectivity index (χ3n) is 3.02. The second-order valence-corrected chi connectivity index (χ2v) is 4.33. The minimum atomic E-state index is 0. The van der Waals surface area contributed by atoms with E-state index in [0.29, 0.717) is 0 Å². The van der Waals surface area contributed by atoms with Crippen LogP contribution in [-0.4, -0.2) is 0 Å². The van der Waals surface area contributed by atoms with Gasteiger partial charge in [0.15, 0.2) is 0 Å². The van der Waals surface area contributed by atoms with Crippen molar-refractivity contribution in [2.75, 3.05) is 0 Å². The summed E-state index contributed by atoms with van der Waals surface area (Å²) in [5.41, 5.74) is 2.66. The van der Waals surface area contributed by atoms with E-state index in [1.165, 1.54) is 32.7 Å². The zero-order valence-corrected chi connectivity index (χ0v) is 12.0. The standard InChI is InChI=1S/C15H13.Zr/c1-10-3-5-12-9-13-6-4-11(2)8-15(13)14(12)7-10;/h3-9H,1-2H3;/q-1;. The van der Waals surface area contributed by atoms with Crippen LogP contribution >= 0.6 is 0 Å². The molecule has 0 heterocycles. The summed E-state index contributed by atoms with van der Waals surface area (Å²) in [5, 5.41) is 5.46. The predicted octanol–water partition coefficient (Wildman–Crippen LogP) is 4.33. The van der Waals surface area contributed by atoms with Gasteiger partial charge in [-0.15, -0.1) is 39.7 Å². The average Bonchev–Trinajstić information content (AvgIpc) is 2.56. The minimum absolute atomic E-state index is 0. The third-order valence-corrected chi connectivity index (χ3v) is 3.02. The molecule has 3 aromatic rings. The molecule has 0 fully saturated rings. The maximum absolute atomic E-state index is 2.27. The Morgan fingerprint density at radius 2 is 1.19 bits per heavy atom. The van der Waals surface area contributed by atoms with Crippen molar-refractivity contribution in [1.29, 1.82) is 0 Å². The van der Waals surface area contributed by atoms with E-state index in [0.717, 1.165) is 0 Å². The molecular weight excluding hydrogens is 271 g/mol. The first-order valence-corrected chi connectivity index (χ1v) is 5.30. The zero-order valence-electron chi connectivity index (χ0n) is 9.54. The molecule has 0 atom stereocenters. The molecule has 78 valence electrons. The van der Waals surface area contributed by atoms with Crippen molar-refractivity contribution < 1.29 is 26.2 Å². The van der Waals surface area contributed by atoms with E-state index < -0.39 is 0 Å². The van der Waals surface area contributed by atoms with Crippen molar-refractivity contribution in [2.45, 2.75) is 13.8 Å². The predicted molar refractivity (Wildman–Crippen MR) is 66.5 cm³/mol. The number of rotatable bonds is 0. The van der Waals surface area contributed by atoms with E-state index in [4.69, 9.17) is 0 Å². The van der Waals surface area contributed by atoms with Crippen molar-refractivity contribution in [3.8, 4) is 0 Å². The van der Waals surface area contributed by atoms with Gasteiger partial charge < -0.3 is 0 Å². The van der Waals surface area contributed by atoms with E-state index >= 15 is 0 Å². The summed E-state index contributed by atoms with van der Waals surface area (Å²) in [6, 6.07) is 15.6. The SMILES string of the molecule is Cc1ccc2[cH-]c3ccc(C)cc3c2c1.[Zr]. The third kappa shape index (κ3) is 1.78. The molecule has 0 aliphatic rings. The van der Waals surface area contributed by atoms with Crippen molar-refractivity contribution in [2.24, 2.45) is 0 Å². The molecule has 0 nitrogen and oxygen atoms in total. The Hall–Kier alpha value is -0.807. The fourth-order valence-electron chi connectivity index (χ4n) is 2.23. The molecule has 0 saturated heterocycles. The van der Waals surface area contributed by atoms with Crippen molar-refractivity contribution >= 4 is 21.5 Å². The monoisotopic (exact) mass is 283 g/mol. The topological polar surface area (TPSA) is 0 Å². The number of hydrogen-bond acceptors (Lipinski definition) is 0. The van der Waals surface area contributed by atoms with Gasteiger partial charge in [-0.3, -0.25) is 0 Å². The van der Waals surface area contributed by atoms with Gasteiger partial charge in [-0.1, -0.05) is 35.4 Å². The minimum Gasteiger partial charge on any atom is -0.126 e. The number of benzene rings is 2. The van der Waals surface area contributed by atoms with Gasteiger partial charge >= 0.3 is 0 Å². The van der Waals surface area contributed by atoms with Crippen molar-refractivity contribution in [3.05, 3.63) is 53.6 Å². The zero-order chi connectivity index (χ0) is 10.4. The molecule has 0 aromatic heterocycles. The summed E-state index contributed by atoms with van der Waals surface area (Å²) >= 11 is 0. The molecule has 0 saturated carbocycles. The van der Waals surface area contributed by atoms with Crippen LogP contribution in [0.15, 0.2) is 42.5 Å². The van der Waals surface area contributed by atoms with Crippen LogP contribution in [0.2, 0.25) is 0 Å². The number of aryl methyl sites for hydroxylation is 2. The Labute approximate surface area is 115 Å². The molecule has 0 aliphatic heterocycles. The first kappa shape index (κ1) is 11.7. The molecule has 3 aromatic carbocycles. The molecule has 0 spiro atoms. The Bertz CT molecular complexity index is 591. The van der Waals surface area contributed by atoms with Crippen LogP contribution in [0.25, 0.3) is 21.5 Å². The molecule has 0 aliphatic carbocycles. The Kier molecular flexibility index (Phi) is 3.08. The van der Waals surface area contributed by atoms with Gasteiger partial charge in [0.05, 0.1) is 0 Å². The van der Waals surface area contributed by atoms with Gasteiger partial charge in [0, 0.05) is 26.2 Å². The van der Waals surface area contributed by atoms with Crippen LogP contribution < -0.4 is 0 Å². The average molecular weight is 284 g/mol. The smallest absolute Gasteiger partial charge is 0 e. The molecular formula is C15H13Zr-. The van der Waals surface area contributed by atoms with Crippen molar-refractivity contribution in [1.82, 2.24) is 0 Å². The summed E-state index contributed by atoms with van der Waals surface area (Å²) < 4.78 is 0. The summed E-state index contributed by atoms with van der Waals surface area (Å²) in [7, 11) is 0. The Morgan fingerprint density at radius 3 is 1.62 bits per heavy atom. The quantitative estimate of drug-likeness (QED) is 0.539. The Balaban J connectivity index is 0.000000963. The molecule has 0 amide bonds. The molecule has 16 heavy (non-hydrogen) atoms. The van der Waals surface area contributed by atoms with Crippen LogP contribution in [0.5, 0.6) is 0 Å². The first-order valence-electron chi connectivity index (χ1n) is 5.30. The second kappa shape index (κ2) is 4.22. The van der Waals surface area contributed by atoms with E-state index in [1.807, 2.05) is 0 Å². The summed E-state index contributed by atoms with van der Waals surface area (Å²) in [6.07, 6.45) is 0. The number of fused-ring (bicyclic) bond motifs is 3. The van der Waals surface area contributed by atoms with Gasteiger partial charge in [0.25, 0.3) is 0 Å². The molecule has 0 unspecified atom stereocenters. The van der Waals surface area contributed by atoms with Crippen LogP contribution in [0.4, 0.5) is 0 Å². The van der Waals surface area contributed by atoms with Gasteiger partial charge in [0.1, 0.15) is 0 Å². The fourth-order valence-corrected chi connectivity index (χ4v) is 2.23. The van der Waals surface area contributed by atoms with Gasteiger partial charge in [-0.25, -0.2) is 0 Å². The van der Waals surface area contributed by atoms with Gasteiger partial charge in [0.2, 0.25) is 0 Å². The van der Waals surface area contributed by atoms with Crippen LogP contribution in [-0.2, 0) is 26.2 Å². The summed E-state index contributed by atoms with van der Waals surface area (Å²) in [4.78, 5) is 0. The fraction of sp³-hybridized carbons (Fsp3) is 0.133. The first-order chi connectivity index (χ1) is 7.24. The molecule has 0 N–H and O–H groups in total. The molecule has 1 heteroatoms. The summed E-state index contributed by atoms with van der Waals surface area (Å²) in [6.45, 7) is 4.29. The molecule has 3 rings (SSSR count). The maximum Gasteiger partial charge on any atom is 0 e. The van der Waals surface area contributed by atoms with Crippen LogP contribution in [0, 0.1) is 13.8 Å².